The van der Waals surface area contributed by atoms with Gasteiger partial charge in [0.15, 0.2) is 5.78 Å². The van der Waals surface area contributed by atoms with Gasteiger partial charge in [-0.05, 0) is 81.0 Å². The first-order valence-corrected chi connectivity index (χ1v) is 11.3. The van der Waals surface area contributed by atoms with Gasteiger partial charge in [-0.3, -0.25) is 14.4 Å². The van der Waals surface area contributed by atoms with Crippen LogP contribution in [0.5, 0.6) is 5.75 Å². The van der Waals surface area contributed by atoms with Crippen LogP contribution in [0.1, 0.15) is 64.8 Å². The Morgan fingerprint density at radius 3 is 2.41 bits per heavy atom. The molecule has 170 valence electrons. The van der Waals surface area contributed by atoms with Crippen LogP contribution >= 0.6 is 11.6 Å². The minimum Gasteiger partial charge on any atom is -0.490 e. The van der Waals surface area contributed by atoms with Gasteiger partial charge in [0.1, 0.15) is 5.75 Å². The summed E-state index contributed by atoms with van der Waals surface area (Å²) in [6.45, 7) is 2.25. The number of Topliss-reactive ketones (excluding diaryl/α,β-unsaturated/α-hetero) is 1. The molecule has 0 atom stereocenters. The normalized spacial score (nSPS) is 18.1. The third-order valence-corrected chi connectivity index (χ3v) is 6.05. The maximum absolute atomic E-state index is 12.4. The molecule has 0 spiro atoms. The Bertz CT molecular complexity index is 965. The largest absolute Gasteiger partial charge is 0.490 e. The van der Waals surface area contributed by atoms with Gasteiger partial charge in [-0.1, -0.05) is 17.7 Å². The van der Waals surface area contributed by atoms with Crippen LogP contribution in [0.3, 0.4) is 0 Å². The van der Waals surface area contributed by atoms with E-state index in [0.29, 0.717) is 54.1 Å². The van der Waals surface area contributed by atoms with Crippen LogP contribution in [0, 0.1) is 12.8 Å². The number of aryl methyl sites for hydroxylation is 1. The van der Waals surface area contributed by atoms with Crippen molar-refractivity contribution in [1.82, 2.24) is 5.32 Å². The number of carboxylic acids is 1. The van der Waals surface area contributed by atoms with Crippen molar-refractivity contribution >= 4 is 29.3 Å². The Hall–Kier alpha value is -2.86. The number of benzene rings is 2. The van der Waals surface area contributed by atoms with Crippen LogP contribution in [-0.2, 0) is 4.79 Å². The molecule has 1 aliphatic rings. The predicted octanol–water partition coefficient (Wildman–Crippen LogP) is 5.06. The van der Waals surface area contributed by atoms with Gasteiger partial charge in [0, 0.05) is 29.1 Å². The first kappa shape index (κ1) is 23.8. The van der Waals surface area contributed by atoms with Crippen LogP contribution in [0.2, 0.25) is 5.02 Å². The molecule has 7 heteroatoms. The second-order valence-corrected chi connectivity index (χ2v) is 8.63. The highest BCUT2D eigenvalue weighted by atomic mass is 35.5. The molecule has 0 unspecified atom stereocenters. The van der Waals surface area contributed by atoms with Gasteiger partial charge in [0.2, 0.25) is 0 Å². The topological polar surface area (TPSA) is 92.7 Å². The van der Waals surface area contributed by atoms with Crippen molar-refractivity contribution in [3.63, 3.8) is 0 Å². The molecule has 1 fully saturated rings. The number of ketones is 1. The van der Waals surface area contributed by atoms with Crippen molar-refractivity contribution in [2.24, 2.45) is 5.92 Å². The second kappa shape index (κ2) is 11.1. The molecule has 1 aliphatic carbocycles. The fraction of sp³-hybridized carbons (Fsp3) is 0.400. The van der Waals surface area contributed by atoms with E-state index in [2.05, 4.69) is 5.32 Å². The summed E-state index contributed by atoms with van der Waals surface area (Å²) in [6.07, 6.45) is 3.58. The molecule has 2 N–H and O–H groups in total. The smallest absolute Gasteiger partial charge is 0.306 e. The van der Waals surface area contributed by atoms with Crippen molar-refractivity contribution in [2.75, 3.05) is 6.54 Å². The molecule has 3 rings (SSSR count). The molecule has 32 heavy (non-hydrogen) atoms. The third kappa shape index (κ3) is 6.57. The molecule has 2 aromatic carbocycles. The van der Waals surface area contributed by atoms with E-state index in [1.165, 1.54) is 0 Å². The Kier molecular flexibility index (Phi) is 8.28. The quantitative estimate of drug-likeness (QED) is 0.405. The highest BCUT2D eigenvalue weighted by Crippen LogP contribution is 2.28. The average Bonchev–Trinajstić information content (AvgIpc) is 2.79. The number of amides is 1. The molecule has 0 aromatic heterocycles. The van der Waals surface area contributed by atoms with E-state index in [-0.39, 0.29) is 23.7 Å². The Morgan fingerprint density at radius 2 is 1.75 bits per heavy atom. The van der Waals surface area contributed by atoms with Crippen molar-refractivity contribution in [1.29, 1.82) is 0 Å². The summed E-state index contributed by atoms with van der Waals surface area (Å²) in [5.74, 6) is -0.507. The SMILES string of the molecule is Cc1ccc(Cl)cc1C(=O)NCCCC(=O)c1ccc(OC2CCC(C(=O)O)CC2)cc1. The monoisotopic (exact) mass is 457 g/mol. The van der Waals surface area contributed by atoms with Gasteiger partial charge in [-0.2, -0.15) is 0 Å². The van der Waals surface area contributed by atoms with Gasteiger partial charge in [-0.15, -0.1) is 0 Å². The number of hydrogen-bond acceptors (Lipinski definition) is 4. The number of carbonyl (C=O) groups excluding carboxylic acids is 2. The molecule has 0 saturated heterocycles. The molecular formula is C25H28ClNO5. The van der Waals surface area contributed by atoms with Gasteiger partial charge < -0.3 is 15.2 Å². The van der Waals surface area contributed by atoms with Crippen LogP contribution < -0.4 is 10.1 Å². The lowest BCUT2D eigenvalue weighted by Gasteiger charge is -2.26. The summed E-state index contributed by atoms with van der Waals surface area (Å²) < 4.78 is 5.94. The number of nitrogens with one attached hydrogen (secondary N) is 1. The summed E-state index contributed by atoms with van der Waals surface area (Å²) >= 11 is 5.96. The maximum atomic E-state index is 12.4. The molecule has 0 heterocycles. The first-order valence-electron chi connectivity index (χ1n) is 10.9. The number of aliphatic carboxylic acids is 1. The standard InChI is InChI=1S/C25H28ClNO5/c1-16-4-9-19(26)15-22(16)24(29)27-14-2-3-23(28)17-5-10-20(11-6-17)32-21-12-7-18(8-13-21)25(30)31/h4-6,9-11,15,18,21H,2-3,7-8,12-14H2,1H3,(H,27,29)(H,30,31). The Morgan fingerprint density at radius 1 is 1.06 bits per heavy atom. The Labute approximate surface area is 192 Å². The number of rotatable bonds is 9. The zero-order valence-corrected chi connectivity index (χ0v) is 18.9. The number of hydrogen-bond donors (Lipinski definition) is 2. The van der Waals surface area contributed by atoms with E-state index in [9.17, 15) is 14.4 Å². The van der Waals surface area contributed by atoms with Crippen molar-refractivity contribution in [3.05, 3.63) is 64.2 Å². The summed E-state index contributed by atoms with van der Waals surface area (Å²) in [4.78, 5) is 35.8. The average molecular weight is 458 g/mol. The maximum Gasteiger partial charge on any atom is 0.306 e. The first-order chi connectivity index (χ1) is 15.3. The van der Waals surface area contributed by atoms with E-state index in [1.54, 1.807) is 42.5 Å². The minimum atomic E-state index is -0.731. The van der Waals surface area contributed by atoms with E-state index in [4.69, 9.17) is 21.4 Å². The third-order valence-electron chi connectivity index (χ3n) is 5.81. The highest BCUT2D eigenvalue weighted by Gasteiger charge is 2.26. The predicted molar refractivity (Wildman–Crippen MR) is 123 cm³/mol. The number of ether oxygens (including phenoxy) is 1. The fourth-order valence-electron chi connectivity index (χ4n) is 3.87. The van der Waals surface area contributed by atoms with Gasteiger partial charge >= 0.3 is 5.97 Å². The van der Waals surface area contributed by atoms with E-state index in [1.807, 2.05) is 6.92 Å². The second-order valence-electron chi connectivity index (χ2n) is 8.20. The summed E-state index contributed by atoms with van der Waals surface area (Å²) in [5.41, 5.74) is 1.99. The molecule has 2 aromatic rings. The molecule has 0 radical (unpaired) electrons. The van der Waals surface area contributed by atoms with Gasteiger partial charge in [0.25, 0.3) is 5.91 Å². The molecule has 0 bridgehead atoms. The lowest BCUT2D eigenvalue weighted by Crippen LogP contribution is -2.27. The molecule has 0 aliphatic heterocycles. The van der Waals surface area contributed by atoms with E-state index < -0.39 is 5.97 Å². The van der Waals surface area contributed by atoms with E-state index in [0.717, 1.165) is 18.4 Å². The lowest BCUT2D eigenvalue weighted by atomic mass is 9.87. The summed E-state index contributed by atoms with van der Waals surface area (Å²) in [5, 5.41) is 12.4. The van der Waals surface area contributed by atoms with Crippen LogP contribution in [0.4, 0.5) is 0 Å². The lowest BCUT2D eigenvalue weighted by molar-refractivity contribution is -0.143. The number of carboxylic acid groups (broad SMARTS) is 1. The summed E-state index contributed by atoms with van der Waals surface area (Å²) in [6, 6.07) is 12.2. The number of carbonyl (C=O) groups is 3. The van der Waals surface area contributed by atoms with Crippen molar-refractivity contribution in [2.45, 2.75) is 51.6 Å². The zero-order chi connectivity index (χ0) is 23.1. The van der Waals surface area contributed by atoms with Crippen LogP contribution in [-0.4, -0.2) is 35.4 Å². The minimum absolute atomic E-state index is 0.00621. The van der Waals surface area contributed by atoms with Crippen LogP contribution in [0.15, 0.2) is 42.5 Å². The van der Waals surface area contributed by atoms with Crippen LogP contribution in [0.25, 0.3) is 0 Å². The van der Waals surface area contributed by atoms with Gasteiger partial charge in [-0.25, -0.2) is 0 Å². The van der Waals surface area contributed by atoms with Gasteiger partial charge in [0.05, 0.1) is 12.0 Å². The number of halogens is 1. The Balaban J connectivity index is 1.40. The van der Waals surface area contributed by atoms with E-state index >= 15 is 0 Å². The molecule has 1 saturated carbocycles. The summed E-state index contributed by atoms with van der Waals surface area (Å²) in [7, 11) is 0. The molecular weight excluding hydrogens is 430 g/mol. The molecule has 6 nitrogen and oxygen atoms in total. The highest BCUT2D eigenvalue weighted by molar-refractivity contribution is 6.31. The fourth-order valence-corrected chi connectivity index (χ4v) is 4.04. The molecule has 1 amide bonds. The van der Waals surface area contributed by atoms with Crippen molar-refractivity contribution in [3.8, 4) is 5.75 Å². The van der Waals surface area contributed by atoms with Crippen molar-refractivity contribution < 1.29 is 24.2 Å². The zero-order valence-electron chi connectivity index (χ0n) is 18.1.